The summed E-state index contributed by atoms with van der Waals surface area (Å²) in [4.78, 5) is 24.3. The first-order valence-electron chi connectivity index (χ1n) is 8.80. The number of hydrogen-bond acceptors (Lipinski definition) is 5. The van der Waals surface area contributed by atoms with Crippen molar-refractivity contribution in [1.29, 1.82) is 0 Å². The van der Waals surface area contributed by atoms with Crippen LogP contribution in [-0.4, -0.2) is 25.2 Å². The first kappa shape index (κ1) is 20.1. The number of nitrogens with two attached hydrogens (primary N) is 1. The van der Waals surface area contributed by atoms with Gasteiger partial charge < -0.3 is 25.8 Å². The summed E-state index contributed by atoms with van der Waals surface area (Å²) in [5, 5.41) is 5.61. The maximum absolute atomic E-state index is 12.1. The molecular weight excluding hydrogens is 346 g/mol. The Hall–Kier alpha value is -3.22. The molecule has 27 heavy (non-hydrogen) atoms. The largest absolute Gasteiger partial charge is 0.465 e. The van der Waals surface area contributed by atoms with Gasteiger partial charge in [0.1, 0.15) is 17.1 Å². The minimum atomic E-state index is -0.565. The van der Waals surface area contributed by atoms with Crippen LogP contribution in [-0.2, 0) is 4.74 Å². The lowest BCUT2D eigenvalue weighted by Gasteiger charge is -2.16. The van der Waals surface area contributed by atoms with Gasteiger partial charge in [-0.3, -0.25) is 0 Å². The second-order valence-electron chi connectivity index (χ2n) is 5.99. The summed E-state index contributed by atoms with van der Waals surface area (Å²) in [6, 6.07) is 11.4. The van der Waals surface area contributed by atoms with E-state index in [1.54, 1.807) is 36.4 Å². The number of ether oxygens (including phenoxy) is 2. The van der Waals surface area contributed by atoms with E-state index in [2.05, 4.69) is 10.6 Å². The molecular formula is C20H25N3O4. The molecule has 2 aromatic carbocycles. The summed E-state index contributed by atoms with van der Waals surface area (Å²) >= 11 is 0. The molecule has 0 heterocycles. The number of anilines is 2. The SMILES string of the molecule is CCC(CC)NC(=O)Nc1ccc(Oc2ccc(N)cc2)c(C(=O)OC)c1. The molecule has 0 fully saturated rings. The van der Waals surface area contributed by atoms with Gasteiger partial charge in [-0.2, -0.15) is 0 Å². The molecule has 0 aromatic heterocycles. The fourth-order valence-electron chi connectivity index (χ4n) is 2.47. The molecule has 0 saturated carbocycles. The molecule has 2 rings (SSSR count). The van der Waals surface area contributed by atoms with Crippen molar-refractivity contribution in [2.75, 3.05) is 18.2 Å². The maximum atomic E-state index is 12.1. The molecule has 0 aliphatic rings. The van der Waals surface area contributed by atoms with Gasteiger partial charge in [0.15, 0.2) is 0 Å². The minimum Gasteiger partial charge on any atom is -0.465 e. The molecule has 0 atom stereocenters. The van der Waals surface area contributed by atoms with Crippen molar-refractivity contribution in [2.24, 2.45) is 0 Å². The van der Waals surface area contributed by atoms with E-state index in [9.17, 15) is 9.59 Å². The van der Waals surface area contributed by atoms with Crippen molar-refractivity contribution in [2.45, 2.75) is 32.7 Å². The quantitative estimate of drug-likeness (QED) is 0.501. The van der Waals surface area contributed by atoms with Crippen LogP contribution in [0.1, 0.15) is 37.0 Å². The molecule has 2 amide bonds. The number of benzene rings is 2. The lowest BCUT2D eigenvalue weighted by atomic mass is 10.1. The van der Waals surface area contributed by atoms with Gasteiger partial charge >= 0.3 is 12.0 Å². The number of hydrogen-bond donors (Lipinski definition) is 3. The van der Waals surface area contributed by atoms with E-state index in [0.29, 0.717) is 22.9 Å². The topological polar surface area (TPSA) is 103 Å². The molecule has 0 aliphatic carbocycles. The summed E-state index contributed by atoms with van der Waals surface area (Å²) < 4.78 is 10.6. The van der Waals surface area contributed by atoms with Gasteiger partial charge in [-0.25, -0.2) is 9.59 Å². The first-order valence-corrected chi connectivity index (χ1v) is 8.80. The highest BCUT2D eigenvalue weighted by molar-refractivity contribution is 5.96. The highest BCUT2D eigenvalue weighted by Crippen LogP contribution is 2.29. The Morgan fingerprint density at radius 2 is 1.74 bits per heavy atom. The zero-order chi connectivity index (χ0) is 19.8. The Morgan fingerprint density at radius 3 is 2.33 bits per heavy atom. The minimum absolute atomic E-state index is 0.0956. The molecule has 0 spiro atoms. The molecule has 0 bridgehead atoms. The highest BCUT2D eigenvalue weighted by atomic mass is 16.5. The zero-order valence-corrected chi connectivity index (χ0v) is 15.7. The Balaban J connectivity index is 2.20. The first-order chi connectivity index (χ1) is 13.0. The third-order valence-electron chi connectivity index (χ3n) is 4.07. The fraction of sp³-hybridized carbons (Fsp3) is 0.300. The van der Waals surface area contributed by atoms with E-state index in [-0.39, 0.29) is 17.6 Å². The van der Waals surface area contributed by atoms with Crippen molar-refractivity contribution in [1.82, 2.24) is 5.32 Å². The number of esters is 1. The Labute approximate surface area is 158 Å². The van der Waals surface area contributed by atoms with Crippen molar-refractivity contribution in [3.63, 3.8) is 0 Å². The van der Waals surface area contributed by atoms with Crippen molar-refractivity contribution >= 4 is 23.4 Å². The number of carbonyl (C=O) groups excluding carboxylic acids is 2. The molecule has 7 heteroatoms. The molecule has 2 aromatic rings. The molecule has 0 radical (unpaired) electrons. The second kappa shape index (κ2) is 9.47. The van der Waals surface area contributed by atoms with Gasteiger partial charge in [-0.05, 0) is 55.3 Å². The van der Waals surface area contributed by atoms with E-state index in [1.807, 2.05) is 13.8 Å². The lowest BCUT2D eigenvalue weighted by molar-refractivity contribution is 0.0598. The van der Waals surface area contributed by atoms with Crippen LogP contribution in [0.3, 0.4) is 0 Å². The average molecular weight is 371 g/mol. The lowest BCUT2D eigenvalue weighted by Crippen LogP contribution is -2.37. The number of rotatable bonds is 7. The predicted molar refractivity (Wildman–Crippen MR) is 105 cm³/mol. The van der Waals surface area contributed by atoms with Gasteiger partial charge in [0, 0.05) is 17.4 Å². The number of methoxy groups -OCH3 is 1. The highest BCUT2D eigenvalue weighted by Gasteiger charge is 2.16. The number of carbonyl (C=O) groups is 2. The van der Waals surface area contributed by atoms with Gasteiger partial charge in [-0.1, -0.05) is 13.8 Å². The molecule has 0 aliphatic heterocycles. The van der Waals surface area contributed by atoms with E-state index in [4.69, 9.17) is 15.2 Å². The third-order valence-corrected chi connectivity index (χ3v) is 4.07. The molecule has 0 saturated heterocycles. The molecule has 4 N–H and O–H groups in total. The summed E-state index contributed by atoms with van der Waals surface area (Å²) in [5.74, 6) is 0.281. The number of amides is 2. The third kappa shape index (κ3) is 5.64. The van der Waals surface area contributed by atoms with Gasteiger partial charge in [0.25, 0.3) is 0 Å². The number of urea groups is 1. The number of nitrogens with one attached hydrogen (secondary N) is 2. The van der Waals surface area contributed by atoms with E-state index >= 15 is 0 Å². The van der Waals surface area contributed by atoms with Crippen molar-refractivity contribution in [3.05, 3.63) is 48.0 Å². The summed E-state index contributed by atoms with van der Waals surface area (Å²) in [6.07, 6.45) is 1.68. The maximum Gasteiger partial charge on any atom is 0.341 e. The second-order valence-corrected chi connectivity index (χ2v) is 5.99. The Kier molecular flexibility index (Phi) is 7.05. The van der Waals surface area contributed by atoms with Gasteiger partial charge in [0.05, 0.1) is 7.11 Å². The van der Waals surface area contributed by atoms with Crippen LogP contribution in [0, 0.1) is 0 Å². The van der Waals surface area contributed by atoms with Crippen LogP contribution < -0.4 is 21.1 Å². The molecule has 144 valence electrons. The van der Waals surface area contributed by atoms with E-state index < -0.39 is 5.97 Å². The summed E-state index contributed by atoms with van der Waals surface area (Å²) in [6.45, 7) is 4.01. The van der Waals surface area contributed by atoms with Crippen LogP contribution in [0.5, 0.6) is 11.5 Å². The van der Waals surface area contributed by atoms with Crippen LogP contribution in [0.15, 0.2) is 42.5 Å². The van der Waals surface area contributed by atoms with Crippen LogP contribution >= 0.6 is 0 Å². The molecule has 7 nitrogen and oxygen atoms in total. The zero-order valence-electron chi connectivity index (χ0n) is 15.7. The Morgan fingerprint density at radius 1 is 1.07 bits per heavy atom. The van der Waals surface area contributed by atoms with E-state index in [0.717, 1.165) is 12.8 Å². The smallest absolute Gasteiger partial charge is 0.341 e. The van der Waals surface area contributed by atoms with Crippen LogP contribution in [0.4, 0.5) is 16.2 Å². The Bertz CT molecular complexity index is 786. The number of nitrogen functional groups attached to an aromatic ring is 1. The predicted octanol–water partition coefficient (Wildman–Crippen LogP) is 4.16. The van der Waals surface area contributed by atoms with Crippen molar-refractivity contribution < 1.29 is 19.1 Å². The monoisotopic (exact) mass is 371 g/mol. The summed E-state index contributed by atoms with van der Waals surface area (Å²) in [5.41, 5.74) is 6.94. The van der Waals surface area contributed by atoms with Crippen LogP contribution in [0.25, 0.3) is 0 Å². The van der Waals surface area contributed by atoms with Crippen LogP contribution in [0.2, 0.25) is 0 Å². The van der Waals surface area contributed by atoms with Gasteiger partial charge in [0.2, 0.25) is 0 Å². The van der Waals surface area contributed by atoms with Gasteiger partial charge in [-0.15, -0.1) is 0 Å². The van der Waals surface area contributed by atoms with Crippen molar-refractivity contribution in [3.8, 4) is 11.5 Å². The van der Waals surface area contributed by atoms with E-state index in [1.165, 1.54) is 13.2 Å². The molecule has 0 unspecified atom stereocenters. The normalized spacial score (nSPS) is 10.4. The summed E-state index contributed by atoms with van der Waals surface area (Å²) in [7, 11) is 1.29. The average Bonchev–Trinajstić information content (AvgIpc) is 2.68. The fourth-order valence-corrected chi connectivity index (χ4v) is 2.47. The standard InChI is InChI=1S/C20H25N3O4/c1-4-14(5-2)22-20(25)23-15-8-11-18(17(12-15)19(24)26-3)27-16-9-6-13(21)7-10-16/h6-12,14H,4-5,21H2,1-3H3,(H2,22,23,25).